The first-order valence-electron chi connectivity index (χ1n) is 5.52. The summed E-state index contributed by atoms with van der Waals surface area (Å²) in [7, 11) is 0. The van der Waals surface area contributed by atoms with Crippen LogP contribution < -0.4 is 10.5 Å². The second kappa shape index (κ2) is 5.28. The third kappa shape index (κ3) is 2.52. The zero-order chi connectivity index (χ0) is 14.7. The molecule has 2 aromatic rings. The molecule has 0 aromatic heterocycles. The summed E-state index contributed by atoms with van der Waals surface area (Å²) < 4.78 is 18.9. The van der Waals surface area contributed by atoms with Gasteiger partial charge in [-0.3, -0.25) is 0 Å². The van der Waals surface area contributed by atoms with Gasteiger partial charge < -0.3 is 15.6 Å². The van der Waals surface area contributed by atoms with Crippen molar-refractivity contribution < 1.29 is 19.0 Å². The number of hydrogen-bond donors (Lipinski definition) is 2. The van der Waals surface area contributed by atoms with Crippen LogP contribution in [0.3, 0.4) is 0 Å². The molecule has 0 saturated heterocycles. The summed E-state index contributed by atoms with van der Waals surface area (Å²) >= 11 is 0. The van der Waals surface area contributed by atoms with E-state index in [0.717, 1.165) is 6.07 Å². The number of nitriles is 1. The Morgan fingerprint density at radius 1 is 1.30 bits per heavy atom. The summed E-state index contributed by atoms with van der Waals surface area (Å²) in [5, 5.41) is 17.6. The Hall–Kier alpha value is -3.07. The smallest absolute Gasteiger partial charge is 0.337 e. The number of benzene rings is 2. The first-order valence-corrected chi connectivity index (χ1v) is 5.52. The molecule has 3 N–H and O–H groups in total. The predicted octanol–water partition coefficient (Wildman–Crippen LogP) is 2.77. The van der Waals surface area contributed by atoms with Crippen LogP contribution in [0.2, 0.25) is 0 Å². The van der Waals surface area contributed by atoms with Crippen molar-refractivity contribution in [1.29, 1.82) is 5.26 Å². The van der Waals surface area contributed by atoms with E-state index < -0.39 is 11.8 Å². The van der Waals surface area contributed by atoms with Crippen LogP contribution in [-0.4, -0.2) is 11.1 Å². The van der Waals surface area contributed by atoms with Crippen molar-refractivity contribution in [2.45, 2.75) is 0 Å². The second-order valence-corrected chi connectivity index (χ2v) is 3.88. The van der Waals surface area contributed by atoms with Gasteiger partial charge in [-0.25, -0.2) is 9.18 Å². The molecule has 0 fully saturated rings. The van der Waals surface area contributed by atoms with Gasteiger partial charge in [0.2, 0.25) is 0 Å². The SMILES string of the molecule is N#Cc1ccc(Oc2cccc(C(=O)O)c2N)c(F)c1. The van der Waals surface area contributed by atoms with E-state index in [1.165, 1.54) is 30.3 Å². The number of carboxylic acids is 1. The molecule has 0 radical (unpaired) electrons. The molecule has 0 atom stereocenters. The minimum absolute atomic E-state index is 0.0357. The summed E-state index contributed by atoms with van der Waals surface area (Å²) in [5.74, 6) is -2.04. The van der Waals surface area contributed by atoms with Gasteiger partial charge in [-0.15, -0.1) is 0 Å². The number of ether oxygens (including phenoxy) is 1. The number of para-hydroxylation sites is 1. The van der Waals surface area contributed by atoms with Crippen LogP contribution in [0.1, 0.15) is 15.9 Å². The Labute approximate surface area is 113 Å². The summed E-state index contributed by atoms with van der Waals surface area (Å²) in [5.41, 5.74) is 5.59. The summed E-state index contributed by atoms with van der Waals surface area (Å²) in [6.45, 7) is 0. The number of anilines is 1. The Bertz CT molecular complexity index is 723. The monoisotopic (exact) mass is 272 g/mol. The molecule has 100 valence electrons. The highest BCUT2D eigenvalue weighted by Crippen LogP contribution is 2.31. The third-order valence-electron chi connectivity index (χ3n) is 2.58. The van der Waals surface area contributed by atoms with Crippen molar-refractivity contribution in [1.82, 2.24) is 0 Å². The number of halogens is 1. The lowest BCUT2D eigenvalue weighted by atomic mass is 10.1. The maximum absolute atomic E-state index is 13.7. The second-order valence-electron chi connectivity index (χ2n) is 3.88. The van der Waals surface area contributed by atoms with Crippen molar-refractivity contribution >= 4 is 11.7 Å². The number of nitrogens with two attached hydrogens (primary N) is 1. The molecule has 0 aliphatic rings. The first kappa shape index (κ1) is 13.4. The molecule has 0 aliphatic carbocycles. The fraction of sp³-hybridized carbons (Fsp3) is 0. The van der Waals surface area contributed by atoms with Crippen LogP contribution >= 0.6 is 0 Å². The summed E-state index contributed by atoms with van der Waals surface area (Å²) in [6, 6.07) is 9.67. The van der Waals surface area contributed by atoms with Gasteiger partial charge in [-0.05, 0) is 30.3 Å². The predicted molar refractivity (Wildman–Crippen MR) is 69.0 cm³/mol. The number of carbonyl (C=O) groups is 1. The highest BCUT2D eigenvalue weighted by Gasteiger charge is 2.14. The molecule has 6 heteroatoms. The van der Waals surface area contributed by atoms with Crippen molar-refractivity contribution in [3.63, 3.8) is 0 Å². The van der Waals surface area contributed by atoms with Crippen LogP contribution in [0.25, 0.3) is 0 Å². The topological polar surface area (TPSA) is 96.3 Å². The van der Waals surface area contributed by atoms with Crippen molar-refractivity contribution in [2.24, 2.45) is 0 Å². The number of hydrogen-bond acceptors (Lipinski definition) is 4. The maximum Gasteiger partial charge on any atom is 0.337 e. The molecule has 0 spiro atoms. The van der Waals surface area contributed by atoms with E-state index in [2.05, 4.69) is 0 Å². The Balaban J connectivity index is 2.38. The number of aromatic carboxylic acids is 1. The number of nitrogens with zero attached hydrogens (tertiary/aromatic N) is 1. The molecule has 0 heterocycles. The number of nitrogen functional groups attached to an aromatic ring is 1. The Morgan fingerprint density at radius 3 is 2.65 bits per heavy atom. The number of rotatable bonds is 3. The third-order valence-corrected chi connectivity index (χ3v) is 2.58. The highest BCUT2D eigenvalue weighted by molar-refractivity contribution is 5.95. The fourth-order valence-electron chi connectivity index (χ4n) is 1.59. The molecule has 2 rings (SSSR count). The normalized spacial score (nSPS) is 9.80. The molecule has 2 aromatic carbocycles. The zero-order valence-electron chi connectivity index (χ0n) is 10.1. The van der Waals surface area contributed by atoms with Gasteiger partial charge in [0.1, 0.15) is 0 Å². The number of carboxylic acid groups (broad SMARTS) is 1. The lowest BCUT2D eigenvalue weighted by Gasteiger charge is -2.10. The largest absolute Gasteiger partial charge is 0.478 e. The minimum atomic E-state index is -1.20. The molecular formula is C14H9FN2O3. The van der Waals surface area contributed by atoms with Crippen LogP contribution in [-0.2, 0) is 0 Å². The van der Waals surface area contributed by atoms with Crippen LogP contribution in [0.15, 0.2) is 36.4 Å². The van der Waals surface area contributed by atoms with Gasteiger partial charge in [0.25, 0.3) is 0 Å². The van der Waals surface area contributed by atoms with Gasteiger partial charge >= 0.3 is 5.97 Å². The van der Waals surface area contributed by atoms with E-state index in [4.69, 9.17) is 20.8 Å². The molecule has 5 nitrogen and oxygen atoms in total. The lowest BCUT2D eigenvalue weighted by Crippen LogP contribution is -2.04. The fourth-order valence-corrected chi connectivity index (χ4v) is 1.59. The average Bonchev–Trinajstić information content (AvgIpc) is 2.42. The molecule has 0 bridgehead atoms. The van der Waals surface area contributed by atoms with E-state index >= 15 is 0 Å². The minimum Gasteiger partial charge on any atom is -0.478 e. The summed E-state index contributed by atoms with van der Waals surface area (Å²) in [6.07, 6.45) is 0. The quantitative estimate of drug-likeness (QED) is 0.837. The van der Waals surface area contributed by atoms with E-state index in [9.17, 15) is 9.18 Å². The van der Waals surface area contributed by atoms with Crippen LogP contribution in [0.4, 0.5) is 10.1 Å². The molecule has 0 unspecified atom stereocenters. The van der Waals surface area contributed by atoms with Crippen LogP contribution in [0, 0.1) is 17.1 Å². The molecule has 0 aliphatic heterocycles. The maximum atomic E-state index is 13.7. The average molecular weight is 272 g/mol. The van der Waals surface area contributed by atoms with E-state index in [0.29, 0.717) is 0 Å². The van der Waals surface area contributed by atoms with Crippen molar-refractivity contribution in [2.75, 3.05) is 5.73 Å². The van der Waals surface area contributed by atoms with Crippen molar-refractivity contribution in [3.8, 4) is 17.6 Å². The molecule has 0 saturated carbocycles. The standard InChI is InChI=1S/C14H9FN2O3/c15-10-6-8(7-16)4-5-11(10)20-12-3-1-2-9(13(12)17)14(18)19/h1-6H,17H2,(H,18,19). The zero-order valence-corrected chi connectivity index (χ0v) is 10.1. The van der Waals surface area contributed by atoms with Crippen molar-refractivity contribution in [3.05, 3.63) is 53.3 Å². The summed E-state index contributed by atoms with van der Waals surface area (Å²) in [4.78, 5) is 10.9. The highest BCUT2D eigenvalue weighted by atomic mass is 19.1. The van der Waals surface area contributed by atoms with Gasteiger partial charge in [-0.1, -0.05) is 6.07 Å². The molecular weight excluding hydrogens is 263 g/mol. The van der Waals surface area contributed by atoms with E-state index in [-0.39, 0.29) is 28.3 Å². The Kier molecular flexibility index (Phi) is 3.53. The van der Waals surface area contributed by atoms with Gasteiger partial charge in [0.15, 0.2) is 17.3 Å². The Morgan fingerprint density at radius 2 is 2.05 bits per heavy atom. The van der Waals surface area contributed by atoms with E-state index in [1.807, 2.05) is 0 Å². The van der Waals surface area contributed by atoms with E-state index in [1.54, 1.807) is 6.07 Å². The first-order chi connectivity index (χ1) is 9.52. The molecule has 20 heavy (non-hydrogen) atoms. The van der Waals surface area contributed by atoms with Gasteiger partial charge in [0, 0.05) is 0 Å². The van der Waals surface area contributed by atoms with Gasteiger partial charge in [0.05, 0.1) is 22.9 Å². The molecule has 0 amide bonds. The lowest BCUT2D eigenvalue weighted by molar-refractivity contribution is 0.0697. The van der Waals surface area contributed by atoms with Gasteiger partial charge in [-0.2, -0.15) is 5.26 Å². The van der Waals surface area contributed by atoms with Crippen LogP contribution in [0.5, 0.6) is 11.5 Å².